The molecular weight excluding hydrogens is 300 g/mol. The predicted octanol–water partition coefficient (Wildman–Crippen LogP) is 4.98. The molecule has 0 aromatic rings. The molecule has 5 atom stereocenters. The average Bonchev–Trinajstić information content (AvgIpc) is 3.03. The molecule has 3 rings (SSSR count). The van der Waals surface area contributed by atoms with E-state index in [1.165, 1.54) is 39.2 Å². The lowest BCUT2D eigenvalue weighted by Gasteiger charge is -2.53. The Morgan fingerprint density at radius 1 is 1.08 bits per heavy atom. The topological polar surface area (TPSA) is 35.5 Å². The van der Waals surface area contributed by atoms with Crippen LogP contribution < -0.4 is 0 Å². The second kappa shape index (κ2) is 5.72. The first kappa shape index (κ1) is 18.2. The van der Waals surface area contributed by atoms with Crippen LogP contribution in [0.25, 0.3) is 0 Å². The first-order valence-electron chi connectivity index (χ1n) is 9.76. The third-order valence-electron chi connectivity index (χ3n) is 8.41. The summed E-state index contributed by atoms with van der Waals surface area (Å²) in [6, 6.07) is 0. The predicted molar refractivity (Wildman–Crippen MR) is 95.7 cm³/mol. The number of hydrogen-bond donors (Lipinski definition) is 0. The van der Waals surface area contributed by atoms with Crippen molar-refractivity contribution in [3.63, 3.8) is 0 Å². The van der Waals surface area contributed by atoms with Crippen LogP contribution >= 0.6 is 0 Å². The van der Waals surface area contributed by atoms with Gasteiger partial charge in [-0.25, -0.2) is 0 Å². The van der Waals surface area contributed by atoms with Gasteiger partial charge in [-0.05, 0) is 67.1 Å². The summed E-state index contributed by atoms with van der Waals surface area (Å²) in [5, 5.41) is 0. The van der Waals surface area contributed by atoms with Crippen molar-refractivity contribution in [1.82, 2.24) is 0 Å². The van der Waals surface area contributed by atoms with Gasteiger partial charge in [-0.1, -0.05) is 27.7 Å². The van der Waals surface area contributed by atoms with Gasteiger partial charge in [0.25, 0.3) is 0 Å². The Hall–Kier alpha value is -0.570. The van der Waals surface area contributed by atoms with E-state index in [0.29, 0.717) is 23.4 Å². The molecule has 0 aromatic carbocycles. The Balaban J connectivity index is 1.95. The highest BCUT2D eigenvalue weighted by atomic mass is 16.5. The zero-order valence-corrected chi connectivity index (χ0v) is 16.5. The molecule has 3 heteroatoms. The minimum atomic E-state index is -0.0742. The highest BCUT2D eigenvalue weighted by Crippen LogP contribution is 2.82. The summed E-state index contributed by atoms with van der Waals surface area (Å²) in [6.07, 6.45) is 9.37. The van der Waals surface area contributed by atoms with Crippen LogP contribution in [0.4, 0.5) is 0 Å². The zero-order chi connectivity index (χ0) is 17.8. The van der Waals surface area contributed by atoms with Gasteiger partial charge in [0, 0.05) is 18.9 Å². The Labute approximate surface area is 147 Å². The van der Waals surface area contributed by atoms with Crippen molar-refractivity contribution in [2.45, 2.75) is 85.2 Å². The third kappa shape index (κ3) is 2.15. The number of carbonyl (C=O) groups is 1. The Kier molecular flexibility index (Phi) is 4.35. The molecule has 138 valence electrons. The van der Waals surface area contributed by atoms with Gasteiger partial charge in [-0.2, -0.15) is 0 Å². The molecule has 3 nitrogen and oxygen atoms in total. The van der Waals surface area contributed by atoms with E-state index >= 15 is 0 Å². The van der Waals surface area contributed by atoms with Crippen LogP contribution in [0.15, 0.2) is 0 Å². The zero-order valence-electron chi connectivity index (χ0n) is 16.5. The van der Waals surface area contributed by atoms with Crippen molar-refractivity contribution in [2.24, 2.45) is 27.6 Å². The molecule has 0 aliphatic heterocycles. The molecule has 0 aromatic heterocycles. The third-order valence-corrected chi connectivity index (χ3v) is 8.41. The second-order valence-corrected chi connectivity index (χ2v) is 9.94. The Bertz CT molecular complexity index is 513. The van der Waals surface area contributed by atoms with Gasteiger partial charge in [0.15, 0.2) is 0 Å². The molecule has 2 unspecified atom stereocenters. The van der Waals surface area contributed by atoms with Crippen LogP contribution in [-0.4, -0.2) is 26.3 Å². The highest BCUT2D eigenvalue weighted by molar-refractivity contribution is 5.69. The van der Waals surface area contributed by atoms with Crippen LogP contribution in [0, 0.1) is 27.6 Å². The summed E-state index contributed by atoms with van der Waals surface area (Å²) in [7, 11) is 3.41. The maximum Gasteiger partial charge on any atom is 0.305 e. The molecule has 3 fully saturated rings. The molecule has 24 heavy (non-hydrogen) atoms. The summed E-state index contributed by atoms with van der Waals surface area (Å²) < 4.78 is 11.0. The summed E-state index contributed by atoms with van der Waals surface area (Å²) in [5.41, 5.74) is 1.31. The van der Waals surface area contributed by atoms with Crippen molar-refractivity contribution >= 4 is 5.97 Å². The maximum atomic E-state index is 11.6. The molecule has 1 spiro atoms. The summed E-state index contributed by atoms with van der Waals surface area (Å²) in [6.45, 7) is 10.0. The van der Waals surface area contributed by atoms with Crippen molar-refractivity contribution in [1.29, 1.82) is 0 Å². The van der Waals surface area contributed by atoms with Gasteiger partial charge in [0.1, 0.15) is 0 Å². The minimum absolute atomic E-state index is 0.0742. The smallest absolute Gasteiger partial charge is 0.305 e. The van der Waals surface area contributed by atoms with Gasteiger partial charge in [-0.15, -0.1) is 0 Å². The van der Waals surface area contributed by atoms with E-state index in [1.54, 1.807) is 0 Å². The molecule has 0 N–H and O–H groups in total. The van der Waals surface area contributed by atoms with E-state index in [4.69, 9.17) is 9.47 Å². The Morgan fingerprint density at radius 3 is 2.42 bits per heavy atom. The average molecular weight is 337 g/mol. The number of methoxy groups -OCH3 is 2. The van der Waals surface area contributed by atoms with Crippen LogP contribution in [0.3, 0.4) is 0 Å². The highest BCUT2D eigenvalue weighted by Gasteiger charge is 2.77. The van der Waals surface area contributed by atoms with Crippen molar-refractivity contribution in [3.8, 4) is 0 Å². The van der Waals surface area contributed by atoms with Crippen molar-refractivity contribution in [2.75, 3.05) is 14.2 Å². The normalized spacial score (nSPS) is 45.9. The van der Waals surface area contributed by atoms with Gasteiger partial charge >= 0.3 is 5.97 Å². The SMILES string of the molecule is COC(=O)CCC[C@@]1(C)CC[C@H]2C(C)(C)C[C@]3(C)CCC(OC)C213. The fraction of sp³-hybridized carbons (Fsp3) is 0.952. The van der Waals surface area contributed by atoms with Gasteiger partial charge in [0.05, 0.1) is 13.2 Å². The van der Waals surface area contributed by atoms with Gasteiger partial charge < -0.3 is 9.47 Å². The first-order chi connectivity index (χ1) is 11.2. The number of rotatable bonds is 5. The monoisotopic (exact) mass is 336 g/mol. The Morgan fingerprint density at radius 2 is 1.79 bits per heavy atom. The quantitative estimate of drug-likeness (QED) is 0.664. The van der Waals surface area contributed by atoms with Gasteiger partial charge in [0.2, 0.25) is 0 Å². The number of carbonyl (C=O) groups excluding carboxylic acids is 1. The van der Waals surface area contributed by atoms with E-state index in [0.717, 1.165) is 18.8 Å². The number of esters is 1. The summed E-state index contributed by atoms with van der Waals surface area (Å²) >= 11 is 0. The molecule has 0 amide bonds. The fourth-order valence-electron chi connectivity index (χ4n) is 8.08. The van der Waals surface area contributed by atoms with E-state index in [9.17, 15) is 4.79 Å². The molecule has 0 heterocycles. The molecule has 3 aliphatic carbocycles. The van der Waals surface area contributed by atoms with E-state index in [1.807, 2.05) is 7.11 Å². The largest absolute Gasteiger partial charge is 0.469 e. The summed E-state index contributed by atoms with van der Waals surface area (Å²) in [5.74, 6) is 0.667. The van der Waals surface area contributed by atoms with Crippen LogP contribution in [0.1, 0.15) is 79.1 Å². The number of ether oxygens (including phenoxy) is 2. The van der Waals surface area contributed by atoms with Crippen LogP contribution in [-0.2, 0) is 14.3 Å². The van der Waals surface area contributed by atoms with Gasteiger partial charge in [-0.3, -0.25) is 4.79 Å². The second-order valence-electron chi connectivity index (χ2n) is 9.94. The summed E-state index contributed by atoms with van der Waals surface area (Å²) in [4.78, 5) is 11.6. The lowest BCUT2D eigenvalue weighted by molar-refractivity contribution is -0.141. The van der Waals surface area contributed by atoms with E-state index in [-0.39, 0.29) is 16.8 Å². The molecule has 0 bridgehead atoms. The molecule has 3 saturated carbocycles. The molecule has 0 saturated heterocycles. The van der Waals surface area contributed by atoms with Crippen LogP contribution in [0.5, 0.6) is 0 Å². The lowest BCUT2D eigenvalue weighted by Crippen LogP contribution is -2.52. The molecular formula is C21H36O3. The minimum Gasteiger partial charge on any atom is -0.469 e. The maximum absolute atomic E-state index is 11.6. The first-order valence-corrected chi connectivity index (χ1v) is 9.76. The van der Waals surface area contributed by atoms with Crippen LogP contribution in [0.2, 0.25) is 0 Å². The van der Waals surface area contributed by atoms with E-state index < -0.39 is 0 Å². The van der Waals surface area contributed by atoms with Crippen molar-refractivity contribution < 1.29 is 14.3 Å². The van der Waals surface area contributed by atoms with Crippen molar-refractivity contribution in [3.05, 3.63) is 0 Å². The number of hydrogen-bond acceptors (Lipinski definition) is 3. The van der Waals surface area contributed by atoms with E-state index in [2.05, 4.69) is 27.7 Å². The lowest BCUT2D eigenvalue weighted by atomic mass is 9.52. The molecule has 0 radical (unpaired) electrons. The fourth-order valence-corrected chi connectivity index (χ4v) is 8.08. The molecule has 3 aliphatic rings. The standard InChI is InChI=1S/C21H36O3/c1-18(2)14-20(4)13-10-16(23-5)21(20)15(18)9-12-19(21,3)11-7-8-17(22)24-6/h15-16H,7-14H2,1-6H3/t15-,16?,19-,20-,21?/m0/s1.